The summed E-state index contributed by atoms with van der Waals surface area (Å²) in [7, 11) is -3.76. The Hall–Kier alpha value is -1.44. The van der Waals surface area contributed by atoms with Crippen LogP contribution in [0.25, 0.3) is 0 Å². The van der Waals surface area contributed by atoms with Crippen LogP contribution in [0.3, 0.4) is 0 Å². The highest BCUT2D eigenvalue weighted by atomic mass is 31.2. The Morgan fingerprint density at radius 2 is 1.89 bits per heavy atom. The van der Waals surface area contributed by atoms with Crippen LogP contribution >= 0.6 is 7.60 Å². The van der Waals surface area contributed by atoms with Crippen molar-refractivity contribution in [3.63, 3.8) is 0 Å². The van der Waals surface area contributed by atoms with Crippen molar-refractivity contribution < 1.29 is 23.6 Å². The number of hydrogen-bond acceptors (Lipinski definition) is 7. The first-order chi connectivity index (χ1) is 9.00. The maximum atomic E-state index is 12.4. The van der Waals surface area contributed by atoms with Gasteiger partial charge in [0.25, 0.3) is 0 Å². The van der Waals surface area contributed by atoms with Gasteiger partial charge in [-0.1, -0.05) is 19.0 Å². The predicted molar refractivity (Wildman–Crippen MR) is 70.5 cm³/mol. The molecule has 0 saturated carbocycles. The summed E-state index contributed by atoms with van der Waals surface area (Å²) in [5, 5.41) is 15.0. The van der Waals surface area contributed by atoms with Gasteiger partial charge in [0.2, 0.25) is 5.45 Å². The minimum Gasteiger partial charge on any atom is -0.410 e. The smallest absolute Gasteiger partial charge is 0.384 e. The molecule has 0 spiro atoms. The molecule has 2 amide bonds. The number of nitrogens with two attached hydrogens (primary N) is 1. The molecular formula is C9H19N4O5P. The number of rotatable bonds is 9. The third-order valence-corrected chi connectivity index (χ3v) is 3.48. The van der Waals surface area contributed by atoms with Gasteiger partial charge in [0.15, 0.2) is 0 Å². The van der Waals surface area contributed by atoms with E-state index >= 15 is 0 Å². The molecule has 0 heterocycles. The van der Waals surface area contributed by atoms with Crippen LogP contribution in [-0.4, -0.2) is 36.1 Å². The van der Waals surface area contributed by atoms with Crippen molar-refractivity contribution in [2.24, 2.45) is 16.0 Å². The van der Waals surface area contributed by atoms with Crippen molar-refractivity contribution in [3.05, 3.63) is 0 Å². The van der Waals surface area contributed by atoms with Crippen molar-refractivity contribution in [1.29, 1.82) is 0 Å². The van der Waals surface area contributed by atoms with Crippen molar-refractivity contribution >= 4 is 25.3 Å². The number of oxime groups is 1. The van der Waals surface area contributed by atoms with Gasteiger partial charge >= 0.3 is 13.6 Å². The van der Waals surface area contributed by atoms with Crippen LogP contribution in [0, 0.1) is 0 Å². The van der Waals surface area contributed by atoms with Gasteiger partial charge in [-0.15, -0.1) is 0 Å². The summed E-state index contributed by atoms with van der Waals surface area (Å²) in [5.41, 5.74) is 6.26. The van der Waals surface area contributed by atoms with Gasteiger partial charge in [-0.3, -0.25) is 4.57 Å². The highest BCUT2D eigenvalue weighted by molar-refractivity contribution is 7.74. The summed E-state index contributed by atoms with van der Waals surface area (Å²) < 4.78 is 22.6. The van der Waals surface area contributed by atoms with Gasteiger partial charge in [-0.2, -0.15) is 5.10 Å². The zero-order valence-corrected chi connectivity index (χ0v) is 11.8. The summed E-state index contributed by atoms with van der Waals surface area (Å²) in [4.78, 5) is 10.4. The van der Waals surface area contributed by atoms with Crippen molar-refractivity contribution in [2.75, 3.05) is 13.2 Å². The van der Waals surface area contributed by atoms with Crippen molar-refractivity contribution in [1.82, 2.24) is 5.43 Å². The standard InChI is InChI=1S/C9H19N4O5P/c1-3-5-17-19(16,18-6-4-2)8(13-15)7-11-12-9(10)14/h7,15H,3-6H2,1-2H3,(H3,10,12,14)/b11-7+,13-8-. The van der Waals surface area contributed by atoms with E-state index in [1.807, 2.05) is 19.3 Å². The Morgan fingerprint density at radius 3 is 2.26 bits per heavy atom. The molecule has 110 valence electrons. The topological polar surface area (TPSA) is 136 Å². The lowest BCUT2D eigenvalue weighted by Crippen LogP contribution is -2.25. The molecule has 0 fully saturated rings. The van der Waals surface area contributed by atoms with E-state index < -0.39 is 19.1 Å². The van der Waals surface area contributed by atoms with Crippen LogP contribution in [0.15, 0.2) is 10.3 Å². The lowest BCUT2D eigenvalue weighted by Gasteiger charge is -2.16. The van der Waals surface area contributed by atoms with Crippen molar-refractivity contribution in [3.8, 4) is 0 Å². The SMILES string of the molecule is CCCOP(=O)(OCCC)C(/C=N/NC(N)=O)=N\O. The third kappa shape index (κ3) is 6.90. The quantitative estimate of drug-likeness (QED) is 0.256. The summed E-state index contributed by atoms with van der Waals surface area (Å²) in [6.45, 7) is 3.97. The molecule has 10 heteroatoms. The molecule has 0 aromatic rings. The van der Waals surface area contributed by atoms with Crippen LogP contribution in [0.5, 0.6) is 0 Å². The first-order valence-electron chi connectivity index (χ1n) is 5.70. The van der Waals surface area contributed by atoms with Crippen LogP contribution in [0.4, 0.5) is 4.79 Å². The number of primary amides is 1. The number of hydrazone groups is 1. The average Bonchev–Trinajstić information content (AvgIpc) is 2.38. The number of nitrogens with zero attached hydrogens (tertiary/aromatic N) is 2. The van der Waals surface area contributed by atoms with E-state index in [4.69, 9.17) is 20.0 Å². The number of carbonyl (C=O) groups excluding carboxylic acids is 1. The lowest BCUT2D eigenvalue weighted by atomic mass is 10.5. The molecule has 0 saturated heterocycles. The first-order valence-corrected chi connectivity index (χ1v) is 7.24. The van der Waals surface area contributed by atoms with E-state index in [0.29, 0.717) is 12.8 Å². The molecule has 0 rings (SSSR count). The number of urea groups is 1. The predicted octanol–water partition coefficient (Wildman–Crippen LogP) is 1.47. The molecule has 0 aliphatic heterocycles. The van der Waals surface area contributed by atoms with E-state index in [9.17, 15) is 9.36 Å². The molecule has 0 aromatic heterocycles. The Labute approximate surface area is 111 Å². The second-order valence-corrected chi connectivity index (χ2v) is 5.33. The normalized spacial score (nSPS) is 12.8. The third-order valence-electron chi connectivity index (χ3n) is 1.67. The molecule has 0 aliphatic carbocycles. The highest BCUT2D eigenvalue weighted by Crippen LogP contribution is 2.49. The van der Waals surface area contributed by atoms with E-state index in [1.165, 1.54) is 0 Å². The first kappa shape index (κ1) is 17.6. The van der Waals surface area contributed by atoms with Gasteiger partial charge < -0.3 is 20.0 Å². The Balaban J connectivity index is 4.92. The number of amides is 2. The summed E-state index contributed by atoms with van der Waals surface area (Å²) in [5.74, 6) is 0. The monoisotopic (exact) mass is 294 g/mol. The second kappa shape index (κ2) is 9.48. The molecule has 19 heavy (non-hydrogen) atoms. The van der Waals surface area contributed by atoms with Gasteiger partial charge in [0.05, 0.1) is 19.4 Å². The number of nitrogens with one attached hydrogen (secondary N) is 1. The van der Waals surface area contributed by atoms with E-state index in [2.05, 4.69) is 10.3 Å². The number of hydrogen-bond donors (Lipinski definition) is 3. The van der Waals surface area contributed by atoms with Crippen LogP contribution in [0.1, 0.15) is 26.7 Å². The number of carbonyl (C=O) groups is 1. The fourth-order valence-corrected chi connectivity index (χ4v) is 2.39. The zero-order valence-electron chi connectivity index (χ0n) is 10.9. The molecule has 0 atom stereocenters. The fraction of sp³-hybridized carbons (Fsp3) is 0.667. The molecule has 0 bridgehead atoms. The lowest BCUT2D eigenvalue weighted by molar-refractivity contribution is 0.215. The Morgan fingerprint density at radius 1 is 1.37 bits per heavy atom. The van der Waals surface area contributed by atoms with E-state index in [0.717, 1.165) is 6.21 Å². The minimum absolute atomic E-state index is 0.164. The van der Waals surface area contributed by atoms with Crippen LogP contribution in [0.2, 0.25) is 0 Å². The molecule has 0 radical (unpaired) electrons. The Bertz CT molecular complexity index is 373. The maximum Gasteiger partial charge on any atom is 0.384 e. The summed E-state index contributed by atoms with van der Waals surface area (Å²) in [6, 6.07) is -0.910. The van der Waals surface area contributed by atoms with Gasteiger partial charge in [-0.25, -0.2) is 10.2 Å². The summed E-state index contributed by atoms with van der Waals surface area (Å²) >= 11 is 0. The summed E-state index contributed by atoms with van der Waals surface area (Å²) in [6.07, 6.45) is 2.07. The zero-order chi connectivity index (χ0) is 14.7. The fourth-order valence-electron chi connectivity index (χ4n) is 0.897. The van der Waals surface area contributed by atoms with Crippen LogP contribution in [-0.2, 0) is 13.6 Å². The van der Waals surface area contributed by atoms with E-state index in [-0.39, 0.29) is 13.2 Å². The molecular weight excluding hydrogens is 275 g/mol. The molecule has 4 N–H and O–H groups in total. The average molecular weight is 294 g/mol. The van der Waals surface area contributed by atoms with E-state index in [1.54, 1.807) is 0 Å². The molecule has 0 unspecified atom stereocenters. The second-order valence-electron chi connectivity index (χ2n) is 3.36. The maximum absolute atomic E-state index is 12.4. The minimum atomic E-state index is -3.76. The van der Waals surface area contributed by atoms with Gasteiger partial charge in [0, 0.05) is 0 Å². The largest absolute Gasteiger partial charge is 0.410 e. The highest BCUT2D eigenvalue weighted by Gasteiger charge is 2.31. The Kier molecular flexibility index (Phi) is 8.77. The van der Waals surface area contributed by atoms with Gasteiger partial charge in [0.1, 0.15) is 0 Å². The van der Waals surface area contributed by atoms with Crippen molar-refractivity contribution in [2.45, 2.75) is 26.7 Å². The molecule has 0 aliphatic rings. The van der Waals surface area contributed by atoms with Crippen LogP contribution < -0.4 is 11.2 Å². The molecule has 0 aromatic carbocycles. The molecule has 9 nitrogen and oxygen atoms in total. The van der Waals surface area contributed by atoms with Gasteiger partial charge in [-0.05, 0) is 12.8 Å².